The fourth-order valence-corrected chi connectivity index (χ4v) is 3.06. The Balaban J connectivity index is 1.28. The van der Waals surface area contributed by atoms with Crippen molar-refractivity contribution < 1.29 is 9.84 Å². The molecule has 0 aromatic heterocycles. The van der Waals surface area contributed by atoms with E-state index >= 15 is 0 Å². The van der Waals surface area contributed by atoms with E-state index < -0.39 is 6.10 Å². The van der Waals surface area contributed by atoms with E-state index in [1.165, 1.54) is 19.4 Å². The molecular weight excluding hydrogens is 276 g/mol. The molecule has 1 unspecified atom stereocenters. The second-order valence-corrected chi connectivity index (χ2v) is 6.70. The van der Waals surface area contributed by atoms with Crippen LogP contribution < -0.4 is 0 Å². The topological polar surface area (TPSA) is 35.9 Å². The zero-order valence-corrected chi connectivity index (χ0v) is 13.4. The molecule has 0 spiro atoms. The highest BCUT2D eigenvalue weighted by Gasteiger charge is 2.26. The Labute approximate surface area is 133 Å². The molecule has 22 heavy (non-hydrogen) atoms. The number of aliphatic hydroxyl groups is 1. The lowest BCUT2D eigenvalue weighted by Crippen LogP contribution is -2.49. The Hall–Kier alpha value is -0.940. The van der Waals surface area contributed by atoms with Gasteiger partial charge >= 0.3 is 0 Å². The molecule has 4 nitrogen and oxygen atoms in total. The van der Waals surface area contributed by atoms with Crippen LogP contribution in [-0.2, 0) is 11.3 Å². The molecule has 1 saturated heterocycles. The van der Waals surface area contributed by atoms with Crippen LogP contribution in [0.2, 0.25) is 0 Å². The van der Waals surface area contributed by atoms with E-state index in [1.807, 2.05) is 30.3 Å². The van der Waals surface area contributed by atoms with Crippen LogP contribution in [0, 0.1) is 5.92 Å². The first kappa shape index (κ1) is 15.9. The van der Waals surface area contributed by atoms with E-state index in [4.69, 9.17) is 4.74 Å². The Morgan fingerprint density at radius 1 is 1.05 bits per heavy atom. The van der Waals surface area contributed by atoms with Gasteiger partial charge in [-0.15, -0.1) is 0 Å². The highest BCUT2D eigenvalue weighted by Crippen LogP contribution is 2.29. The molecule has 122 valence electrons. The summed E-state index contributed by atoms with van der Waals surface area (Å²) in [5, 5.41) is 10.1. The molecular formula is C18H28N2O2. The van der Waals surface area contributed by atoms with Crippen LogP contribution in [0.4, 0.5) is 0 Å². The zero-order chi connectivity index (χ0) is 15.2. The minimum Gasteiger partial charge on any atom is -0.389 e. The summed E-state index contributed by atoms with van der Waals surface area (Å²) in [5.74, 6) is 0.975. The van der Waals surface area contributed by atoms with Crippen molar-refractivity contribution in [1.82, 2.24) is 9.80 Å². The maximum absolute atomic E-state index is 10.1. The minimum absolute atomic E-state index is 0.390. The summed E-state index contributed by atoms with van der Waals surface area (Å²) in [4.78, 5) is 4.94. The minimum atomic E-state index is -0.390. The number of β-amino-alcohol motifs (C(OH)–C–C–N with tert-alkyl or cyclic N) is 1. The number of rotatable bonds is 8. The Kier molecular flexibility index (Phi) is 5.84. The van der Waals surface area contributed by atoms with Gasteiger partial charge in [0.05, 0.1) is 19.3 Å². The SMILES string of the molecule is OC(COCc1ccccc1)CN1CCN(CC2CC2)CC1. The summed E-state index contributed by atoms with van der Waals surface area (Å²) < 4.78 is 5.62. The van der Waals surface area contributed by atoms with Gasteiger partial charge in [-0.2, -0.15) is 0 Å². The van der Waals surface area contributed by atoms with E-state index in [2.05, 4.69) is 9.80 Å². The number of benzene rings is 1. The summed E-state index contributed by atoms with van der Waals surface area (Å²) in [7, 11) is 0. The van der Waals surface area contributed by atoms with E-state index in [0.29, 0.717) is 13.2 Å². The van der Waals surface area contributed by atoms with Crippen molar-refractivity contribution in [3.63, 3.8) is 0 Å². The van der Waals surface area contributed by atoms with Gasteiger partial charge in [-0.1, -0.05) is 30.3 Å². The fourth-order valence-electron chi connectivity index (χ4n) is 3.06. The Morgan fingerprint density at radius 3 is 2.41 bits per heavy atom. The Morgan fingerprint density at radius 2 is 1.73 bits per heavy atom. The molecule has 0 radical (unpaired) electrons. The number of hydrogen-bond acceptors (Lipinski definition) is 4. The van der Waals surface area contributed by atoms with E-state index in [9.17, 15) is 5.11 Å². The molecule has 1 saturated carbocycles. The van der Waals surface area contributed by atoms with Crippen LogP contribution in [0.1, 0.15) is 18.4 Å². The van der Waals surface area contributed by atoms with Gasteiger partial charge in [0.1, 0.15) is 0 Å². The molecule has 1 heterocycles. The van der Waals surface area contributed by atoms with Gasteiger partial charge in [-0.05, 0) is 24.3 Å². The number of hydrogen-bond donors (Lipinski definition) is 1. The molecule has 0 bridgehead atoms. The van der Waals surface area contributed by atoms with Crippen molar-refractivity contribution in [2.75, 3.05) is 45.9 Å². The van der Waals surface area contributed by atoms with Crippen molar-refractivity contribution in [1.29, 1.82) is 0 Å². The van der Waals surface area contributed by atoms with Gasteiger partial charge in [0.2, 0.25) is 0 Å². The molecule has 1 aromatic rings. The van der Waals surface area contributed by atoms with Gasteiger partial charge in [0, 0.05) is 39.3 Å². The van der Waals surface area contributed by atoms with Crippen LogP contribution in [0.3, 0.4) is 0 Å². The lowest BCUT2D eigenvalue weighted by Gasteiger charge is -2.35. The molecule has 1 aliphatic carbocycles. The average Bonchev–Trinajstić information content (AvgIpc) is 3.34. The fraction of sp³-hybridized carbons (Fsp3) is 0.667. The van der Waals surface area contributed by atoms with Crippen LogP contribution in [0.5, 0.6) is 0 Å². The highest BCUT2D eigenvalue weighted by atomic mass is 16.5. The van der Waals surface area contributed by atoms with Crippen LogP contribution in [0.25, 0.3) is 0 Å². The Bertz CT molecular complexity index is 428. The van der Waals surface area contributed by atoms with Crippen molar-refractivity contribution in [2.45, 2.75) is 25.6 Å². The van der Waals surface area contributed by atoms with E-state index in [1.54, 1.807) is 0 Å². The molecule has 0 amide bonds. The summed E-state index contributed by atoms with van der Waals surface area (Å²) in [5.41, 5.74) is 1.16. The molecule has 4 heteroatoms. The zero-order valence-electron chi connectivity index (χ0n) is 13.4. The quantitative estimate of drug-likeness (QED) is 0.791. The lowest BCUT2D eigenvalue weighted by molar-refractivity contribution is 0.00115. The first-order valence-corrected chi connectivity index (χ1v) is 8.54. The monoisotopic (exact) mass is 304 g/mol. The largest absolute Gasteiger partial charge is 0.389 e. The molecule has 2 fully saturated rings. The van der Waals surface area contributed by atoms with Gasteiger partial charge in [0.25, 0.3) is 0 Å². The van der Waals surface area contributed by atoms with Crippen LogP contribution in [-0.4, -0.2) is 66.9 Å². The second kappa shape index (κ2) is 8.06. The second-order valence-electron chi connectivity index (χ2n) is 6.70. The predicted molar refractivity (Wildman–Crippen MR) is 87.7 cm³/mol. The molecule has 1 aliphatic heterocycles. The normalized spacial score (nSPS) is 21.9. The highest BCUT2D eigenvalue weighted by molar-refractivity contribution is 5.13. The first-order valence-electron chi connectivity index (χ1n) is 8.54. The van der Waals surface area contributed by atoms with Crippen molar-refractivity contribution in [3.8, 4) is 0 Å². The number of aliphatic hydroxyl groups excluding tert-OH is 1. The molecule has 3 rings (SSSR count). The van der Waals surface area contributed by atoms with Gasteiger partial charge < -0.3 is 14.7 Å². The third kappa shape index (κ3) is 5.36. The molecule has 1 atom stereocenters. The van der Waals surface area contributed by atoms with Gasteiger partial charge in [-0.3, -0.25) is 4.90 Å². The third-order valence-corrected chi connectivity index (χ3v) is 4.57. The molecule has 1 aromatic carbocycles. The smallest absolute Gasteiger partial charge is 0.0900 e. The standard InChI is InChI=1S/C18H28N2O2/c21-18(15-22-14-17-4-2-1-3-5-17)13-20-10-8-19(9-11-20)12-16-6-7-16/h1-5,16,18,21H,6-15H2. The summed E-state index contributed by atoms with van der Waals surface area (Å²) >= 11 is 0. The van der Waals surface area contributed by atoms with Crippen molar-refractivity contribution in [3.05, 3.63) is 35.9 Å². The molecule has 1 N–H and O–H groups in total. The maximum atomic E-state index is 10.1. The molecule has 2 aliphatic rings. The summed E-state index contributed by atoms with van der Waals surface area (Å²) in [6.45, 7) is 7.44. The van der Waals surface area contributed by atoms with E-state index in [-0.39, 0.29) is 0 Å². The van der Waals surface area contributed by atoms with E-state index in [0.717, 1.165) is 44.2 Å². The van der Waals surface area contributed by atoms with Crippen LogP contribution in [0.15, 0.2) is 30.3 Å². The summed E-state index contributed by atoms with van der Waals surface area (Å²) in [6.07, 6.45) is 2.47. The summed E-state index contributed by atoms with van der Waals surface area (Å²) in [6, 6.07) is 10.1. The van der Waals surface area contributed by atoms with Crippen LogP contribution >= 0.6 is 0 Å². The number of ether oxygens (including phenoxy) is 1. The van der Waals surface area contributed by atoms with Crippen molar-refractivity contribution in [2.24, 2.45) is 5.92 Å². The predicted octanol–water partition coefficient (Wildman–Crippen LogP) is 1.59. The number of nitrogens with zero attached hydrogens (tertiary/aromatic N) is 2. The average molecular weight is 304 g/mol. The maximum Gasteiger partial charge on any atom is 0.0900 e. The number of piperazine rings is 1. The third-order valence-electron chi connectivity index (χ3n) is 4.57. The van der Waals surface area contributed by atoms with Gasteiger partial charge in [-0.25, -0.2) is 0 Å². The van der Waals surface area contributed by atoms with Gasteiger partial charge in [0.15, 0.2) is 0 Å². The lowest BCUT2D eigenvalue weighted by atomic mass is 10.2. The van der Waals surface area contributed by atoms with Crippen molar-refractivity contribution >= 4 is 0 Å². The first-order chi connectivity index (χ1) is 10.8.